The average Bonchev–Trinajstić information content (AvgIpc) is 2.69. The van der Waals surface area contributed by atoms with E-state index in [1.165, 1.54) is 20.3 Å². The smallest absolute Gasteiger partial charge is 0.269 e. The van der Waals surface area contributed by atoms with Crippen molar-refractivity contribution in [2.75, 3.05) is 14.2 Å². The molecule has 6 nitrogen and oxygen atoms in total. The Kier molecular flexibility index (Phi) is 7.25. The van der Waals surface area contributed by atoms with Crippen molar-refractivity contribution in [3.63, 3.8) is 0 Å². The molecule has 142 valence electrons. The van der Waals surface area contributed by atoms with E-state index in [4.69, 9.17) is 21.1 Å². The second-order valence-electron chi connectivity index (χ2n) is 5.57. The fourth-order valence-corrected chi connectivity index (χ4v) is 2.63. The van der Waals surface area contributed by atoms with Crippen LogP contribution >= 0.6 is 11.6 Å². The van der Waals surface area contributed by atoms with Gasteiger partial charge < -0.3 is 9.47 Å². The summed E-state index contributed by atoms with van der Waals surface area (Å²) in [4.78, 5) is 23.9. The Morgan fingerprint density at radius 2 is 1.78 bits per heavy atom. The van der Waals surface area contributed by atoms with Gasteiger partial charge in [0.05, 0.1) is 19.2 Å². The number of carbonyl (C=O) groups is 2. The summed E-state index contributed by atoms with van der Waals surface area (Å²) >= 11 is 6.12. The van der Waals surface area contributed by atoms with E-state index >= 15 is 0 Å². The topological polar surface area (TPSA) is 76.7 Å². The van der Waals surface area contributed by atoms with Crippen LogP contribution in [0.1, 0.15) is 28.4 Å². The number of ether oxygens (including phenoxy) is 2. The van der Waals surface area contributed by atoms with Crippen LogP contribution in [0.25, 0.3) is 6.08 Å². The van der Waals surface area contributed by atoms with Gasteiger partial charge in [-0.15, -0.1) is 0 Å². The summed E-state index contributed by atoms with van der Waals surface area (Å²) in [6.07, 6.45) is 3.72. The molecule has 0 aromatic heterocycles. The van der Waals surface area contributed by atoms with E-state index in [1.807, 2.05) is 19.1 Å². The summed E-state index contributed by atoms with van der Waals surface area (Å²) in [7, 11) is 2.99. The highest BCUT2D eigenvalue weighted by Gasteiger charge is 2.10. The van der Waals surface area contributed by atoms with Crippen molar-refractivity contribution < 1.29 is 19.1 Å². The van der Waals surface area contributed by atoms with Gasteiger partial charge in [-0.3, -0.25) is 20.4 Å². The molecule has 2 aromatic carbocycles. The summed E-state index contributed by atoms with van der Waals surface area (Å²) < 4.78 is 10.4. The van der Waals surface area contributed by atoms with Gasteiger partial charge >= 0.3 is 0 Å². The van der Waals surface area contributed by atoms with E-state index in [9.17, 15) is 9.59 Å². The van der Waals surface area contributed by atoms with Gasteiger partial charge in [-0.05, 0) is 47.9 Å². The predicted octanol–water partition coefficient (Wildman–Crippen LogP) is 3.39. The third-order valence-electron chi connectivity index (χ3n) is 3.81. The number of rotatable bonds is 6. The Bertz CT molecular complexity index is 848. The lowest BCUT2D eigenvalue weighted by Gasteiger charge is -2.10. The lowest BCUT2D eigenvalue weighted by atomic mass is 10.1. The minimum atomic E-state index is -0.487. The van der Waals surface area contributed by atoms with Crippen LogP contribution in [0.2, 0.25) is 5.02 Å². The minimum Gasteiger partial charge on any atom is -0.493 e. The Morgan fingerprint density at radius 1 is 1.07 bits per heavy atom. The van der Waals surface area contributed by atoms with Gasteiger partial charge in [0.15, 0.2) is 11.5 Å². The zero-order chi connectivity index (χ0) is 19.8. The molecular formula is C20H21ClN2O4. The summed E-state index contributed by atoms with van der Waals surface area (Å²) in [5.41, 5.74) is 6.94. The van der Waals surface area contributed by atoms with Crippen molar-refractivity contribution in [1.29, 1.82) is 0 Å². The summed E-state index contributed by atoms with van der Waals surface area (Å²) in [6, 6.07) is 10.5. The number of hydrogen-bond acceptors (Lipinski definition) is 4. The maximum Gasteiger partial charge on any atom is 0.269 e. The number of hydrazine groups is 1. The molecule has 0 spiro atoms. The quantitative estimate of drug-likeness (QED) is 0.587. The van der Waals surface area contributed by atoms with Gasteiger partial charge in [0.1, 0.15) is 0 Å². The number of aryl methyl sites for hydroxylation is 1. The number of amides is 2. The second-order valence-corrected chi connectivity index (χ2v) is 5.97. The Hall–Kier alpha value is -2.99. The van der Waals surface area contributed by atoms with Crippen LogP contribution in [0.3, 0.4) is 0 Å². The van der Waals surface area contributed by atoms with Gasteiger partial charge in [0.25, 0.3) is 11.8 Å². The van der Waals surface area contributed by atoms with Crippen molar-refractivity contribution in [3.8, 4) is 11.5 Å². The molecule has 2 N–H and O–H groups in total. The van der Waals surface area contributed by atoms with E-state index in [-0.39, 0.29) is 0 Å². The molecule has 0 saturated carbocycles. The summed E-state index contributed by atoms with van der Waals surface area (Å²) in [5, 5.41) is 0.362. The van der Waals surface area contributed by atoms with E-state index in [1.54, 1.807) is 30.3 Å². The number of halogens is 1. The molecule has 0 aliphatic heterocycles. The standard InChI is InChI=1S/C20H21ClN2O4/c1-4-13-5-8-15(9-6-13)20(25)23-22-18(24)10-7-14-11-16(21)19(27-3)17(12-14)26-2/h5-12H,4H2,1-3H3,(H,22,24)(H,23,25)/b10-7+. The molecule has 0 fully saturated rings. The SMILES string of the molecule is CCc1ccc(C(=O)NNC(=O)/C=C/c2cc(Cl)c(OC)c(OC)c2)cc1. The molecular weight excluding hydrogens is 368 g/mol. The zero-order valence-electron chi connectivity index (χ0n) is 15.3. The third-order valence-corrected chi connectivity index (χ3v) is 4.09. The number of carbonyl (C=O) groups excluding carboxylic acids is 2. The lowest BCUT2D eigenvalue weighted by Crippen LogP contribution is -2.40. The van der Waals surface area contributed by atoms with Crippen LogP contribution < -0.4 is 20.3 Å². The molecule has 27 heavy (non-hydrogen) atoms. The van der Waals surface area contributed by atoms with E-state index < -0.39 is 11.8 Å². The minimum absolute atomic E-state index is 0.362. The van der Waals surface area contributed by atoms with Crippen LogP contribution in [0.4, 0.5) is 0 Å². The Balaban J connectivity index is 1.96. The summed E-state index contributed by atoms with van der Waals surface area (Å²) in [6.45, 7) is 2.03. The normalized spacial score (nSPS) is 10.5. The van der Waals surface area contributed by atoms with Crippen molar-refractivity contribution in [3.05, 3.63) is 64.2 Å². The fourth-order valence-electron chi connectivity index (χ4n) is 2.33. The van der Waals surface area contributed by atoms with Crippen molar-refractivity contribution in [2.24, 2.45) is 0 Å². The van der Waals surface area contributed by atoms with Crippen LogP contribution in [0.5, 0.6) is 11.5 Å². The van der Waals surface area contributed by atoms with Gasteiger partial charge in [-0.25, -0.2) is 0 Å². The maximum atomic E-state index is 12.0. The van der Waals surface area contributed by atoms with Crippen LogP contribution in [-0.4, -0.2) is 26.0 Å². The second kappa shape index (κ2) is 9.64. The predicted molar refractivity (Wildman–Crippen MR) is 105 cm³/mol. The first kappa shape index (κ1) is 20.3. The molecule has 0 unspecified atom stereocenters. The Labute approximate surface area is 163 Å². The van der Waals surface area contributed by atoms with Crippen molar-refractivity contribution >= 4 is 29.5 Å². The largest absolute Gasteiger partial charge is 0.493 e. The van der Waals surface area contributed by atoms with Crippen LogP contribution in [0, 0.1) is 0 Å². The van der Waals surface area contributed by atoms with Gasteiger partial charge in [0, 0.05) is 11.6 Å². The van der Waals surface area contributed by atoms with Crippen LogP contribution in [-0.2, 0) is 11.2 Å². The third kappa shape index (κ3) is 5.49. The highest BCUT2D eigenvalue weighted by molar-refractivity contribution is 6.32. The number of methoxy groups -OCH3 is 2. The molecule has 2 amide bonds. The maximum absolute atomic E-state index is 12.0. The number of benzene rings is 2. The molecule has 0 heterocycles. The van der Waals surface area contributed by atoms with Gasteiger partial charge in [-0.1, -0.05) is 30.7 Å². The first-order valence-electron chi connectivity index (χ1n) is 8.27. The zero-order valence-corrected chi connectivity index (χ0v) is 16.1. The van der Waals surface area contributed by atoms with E-state index in [0.717, 1.165) is 12.0 Å². The van der Waals surface area contributed by atoms with E-state index in [0.29, 0.717) is 27.6 Å². The van der Waals surface area contributed by atoms with Crippen LogP contribution in [0.15, 0.2) is 42.5 Å². The Morgan fingerprint density at radius 3 is 2.37 bits per heavy atom. The molecule has 0 saturated heterocycles. The molecule has 0 atom stereocenters. The van der Waals surface area contributed by atoms with E-state index in [2.05, 4.69) is 10.9 Å². The molecule has 7 heteroatoms. The summed E-state index contributed by atoms with van der Waals surface area (Å²) in [5.74, 6) is -0.0102. The highest BCUT2D eigenvalue weighted by atomic mass is 35.5. The first-order valence-corrected chi connectivity index (χ1v) is 8.65. The highest BCUT2D eigenvalue weighted by Crippen LogP contribution is 2.36. The molecule has 0 aliphatic rings. The number of nitrogens with one attached hydrogen (secondary N) is 2. The van der Waals surface area contributed by atoms with Crippen molar-refractivity contribution in [2.45, 2.75) is 13.3 Å². The molecule has 0 bridgehead atoms. The monoisotopic (exact) mass is 388 g/mol. The average molecular weight is 389 g/mol. The molecule has 2 aromatic rings. The lowest BCUT2D eigenvalue weighted by molar-refractivity contribution is -0.117. The molecule has 0 radical (unpaired) electrons. The van der Waals surface area contributed by atoms with Gasteiger partial charge in [0.2, 0.25) is 0 Å². The molecule has 0 aliphatic carbocycles. The van der Waals surface area contributed by atoms with Gasteiger partial charge in [-0.2, -0.15) is 0 Å². The van der Waals surface area contributed by atoms with Crippen molar-refractivity contribution in [1.82, 2.24) is 10.9 Å². The number of hydrogen-bond donors (Lipinski definition) is 2. The fraction of sp³-hybridized carbons (Fsp3) is 0.200. The first-order chi connectivity index (χ1) is 13.0. The molecule has 2 rings (SSSR count).